The van der Waals surface area contributed by atoms with Crippen molar-refractivity contribution in [2.24, 2.45) is 14.1 Å². The molecule has 4 aromatic carbocycles. The van der Waals surface area contributed by atoms with E-state index in [0.29, 0.717) is 77.8 Å². The summed E-state index contributed by atoms with van der Waals surface area (Å²) in [5, 5.41) is 20.0. The van der Waals surface area contributed by atoms with Crippen molar-refractivity contribution in [2.75, 3.05) is 18.6 Å². The van der Waals surface area contributed by atoms with Crippen LogP contribution in [0.15, 0.2) is 97.1 Å². The lowest BCUT2D eigenvalue weighted by Gasteiger charge is -2.36. The lowest BCUT2D eigenvalue weighted by molar-refractivity contribution is -0.131. The summed E-state index contributed by atoms with van der Waals surface area (Å²) in [5.74, 6) is -0.342. The van der Waals surface area contributed by atoms with Gasteiger partial charge in [0.05, 0.1) is 24.3 Å². The number of hydrogen-bond donors (Lipinski definition) is 1. The number of amides is 3. The van der Waals surface area contributed by atoms with Crippen LogP contribution in [0.3, 0.4) is 0 Å². The first-order valence-electron chi connectivity index (χ1n) is 20.6. The zero-order valence-corrected chi connectivity index (χ0v) is 35.5. The minimum absolute atomic E-state index is 0.0262. The summed E-state index contributed by atoms with van der Waals surface area (Å²) < 4.78 is 8.96. The highest BCUT2D eigenvalue weighted by Gasteiger charge is 2.33. The molecule has 2 aliphatic rings. The minimum Gasteiger partial charge on any atom is -0.508 e. The van der Waals surface area contributed by atoms with Gasteiger partial charge in [0.15, 0.2) is 0 Å². The molecule has 0 saturated heterocycles. The number of nitriles is 1. The number of ether oxygens (including phenoxy) is 1. The molecule has 2 aromatic heterocycles. The number of rotatable bonds is 9. The molecule has 0 saturated carbocycles. The molecule has 0 bridgehead atoms. The van der Waals surface area contributed by atoms with Crippen LogP contribution in [0, 0.1) is 25.2 Å². The quantitative estimate of drug-likeness (QED) is 0.158. The predicted molar refractivity (Wildman–Crippen MR) is 234 cm³/mol. The molecule has 11 heteroatoms. The van der Waals surface area contributed by atoms with E-state index in [-0.39, 0.29) is 35.9 Å². The summed E-state index contributed by atoms with van der Waals surface area (Å²) in [4.78, 5) is 49.2. The molecule has 6 aromatic rings. The fraction of sp³-hybridized carbons (Fsp3) is 0.280. The van der Waals surface area contributed by atoms with E-state index in [1.165, 1.54) is 17.7 Å². The fourth-order valence-electron chi connectivity index (χ4n) is 8.80. The van der Waals surface area contributed by atoms with Gasteiger partial charge < -0.3 is 28.8 Å². The molecular formula is C50H50N6O5. The molecule has 11 nitrogen and oxygen atoms in total. The number of phenolic OH excluding ortho intramolecular Hbond substituents is 1. The third-order valence-electron chi connectivity index (χ3n) is 12.6. The van der Waals surface area contributed by atoms with Gasteiger partial charge in [0.1, 0.15) is 17.5 Å². The molecule has 2 aliphatic heterocycles. The number of hydrogen-bond acceptors (Lipinski definition) is 6. The third-order valence-corrected chi connectivity index (χ3v) is 12.6. The topological polar surface area (TPSA) is 124 Å². The van der Waals surface area contributed by atoms with Crippen molar-refractivity contribution in [3.8, 4) is 23.1 Å². The number of methoxy groups -OCH3 is 1. The molecule has 8 rings (SSSR count). The van der Waals surface area contributed by atoms with E-state index in [9.17, 15) is 20.0 Å². The van der Waals surface area contributed by atoms with E-state index in [4.69, 9.17) is 4.74 Å². The van der Waals surface area contributed by atoms with Crippen LogP contribution in [0.4, 0.5) is 11.4 Å². The Balaban J connectivity index is 1.20. The summed E-state index contributed by atoms with van der Waals surface area (Å²) in [6.45, 7) is 7.74. The van der Waals surface area contributed by atoms with Crippen molar-refractivity contribution >= 4 is 29.1 Å². The van der Waals surface area contributed by atoms with Crippen LogP contribution in [-0.2, 0) is 62.6 Å². The molecule has 310 valence electrons. The van der Waals surface area contributed by atoms with Gasteiger partial charge >= 0.3 is 0 Å². The average molecular weight is 815 g/mol. The number of nitrogens with zero attached hydrogens (tertiary/aromatic N) is 6. The van der Waals surface area contributed by atoms with Crippen molar-refractivity contribution in [1.82, 2.24) is 18.9 Å². The van der Waals surface area contributed by atoms with Crippen molar-refractivity contribution in [3.63, 3.8) is 0 Å². The van der Waals surface area contributed by atoms with Gasteiger partial charge in [-0.3, -0.25) is 19.3 Å². The lowest BCUT2D eigenvalue weighted by atomic mass is 9.89. The third kappa shape index (κ3) is 7.71. The number of aromatic nitrogens is 2. The van der Waals surface area contributed by atoms with Gasteiger partial charge in [0.25, 0.3) is 11.8 Å². The zero-order valence-electron chi connectivity index (χ0n) is 35.5. The fourth-order valence-corrected chi connectivity index (χ4v) is 8.80. The first-order valence-corrected chi connectivity index (χ1v) is 20.6. The summed E-state index contributed by atoms with van der Waals surface area (Å²) in [5.41, 5.74) is 11.6. The van der Waals surface area contributed by atoms with Crippen LogP contribution in [0.25, 0.3) is 11.3 Å². The number of carbonyl (C=O) groups is 3. The Kier molecular flexibility index (Phi) is 11.1. The number of carbonyl (C=O) groups excluding carboxylic acids is 3. The maximum Gasteiger partial charge on any atom is 0.264 e. The number of fused-ring (bicyclic) bond motifs is 2. The van der Waals surface area contributed by atoms with Crippen molar-refractivity contribution in [2.45, 2.75) is 65.8 Å². The lowest BCUT2D eigenvalue weighted by Crippen LogP contribution is -2.43. The Morgan fingerprint density at radius 1 is 0.820 bits per heavy atom. The minimum atomic E-state index is -0.321. The SMILES string of the molecule is COCc1ccc(CC(=O)N2CCc3cc(-c4cc(C(=O)N(c5ccc(O)cc5)c5cc(C#N)n(C)c5C)c(C)n4C)c(C(=O)N4Cc5ccccc5C[C@H]4C)cc3C2)cc1. The zero-order chi connectivity index (χ0) is 43.1. The summed E-state index contributed by atoms with van der Waals surface area (Å²) >= 11 is 0. The Labute approximate surface area is 356 Å². The standard InChI is InChI=1S/C50H50N6O5/c1-31-21-36-9-7-8-10-38(36)29-55(31)49(59)45-24-39-28-54(48(58)22-34-11-13-35(14-12-34)30-61-6)20-19-37(39)23-44(45)47-26-43(32(2)53(47)5)50(60)56(40-15-17-42(57)18-16-40)46-25-41(27-51)52(4)33(46)3/h7-18,23-26,31,57H,19-22,28-30H2,1-6H3/t31-/m1/s1. The molecule has 61 heavy (non-hydrogen) atoms. The Morgan fingerprint density at radius 2 is 1.52 bits per heavy atom. The first-order chi connectivity index (χ1) is 29.4. The van der Waals surface area contributed by atoms with Crippen LogP contribution < -0.4 is 4.90 Å². The van der Waals surface area contributed by atoms with E-state index in [1.54, 1.807) is 41.8 Å². The van der Waals surface area contributed by atoms with Gasteiger partial charge in [0, 0.05) is 80.8 Å². The Hall–Kier alpha value is -6.90. The van der Waals surface area contributed by atoms with Gasteiger partial charge in [-0.05, 0) is 116 Å². The van der Waals surface area contributed by atoms with Crippen LogP contribution in [0.5, 0.6) is 5.75 Å². The number of phenols is 1. The largest absolute Gasteiger partial charge is 0.508 e. The smallest absolute Gasteiger partial charge is 0.264 e. The molecule has 0 spiro atoms. The average Bonchev–Trinajstić information content (AvgIpc) is 3.72. The maximum absolute atomic E-state index is 15.1. The van der Waals surface area contributed by atoms with E-state index in [1.807, 2.05) is 83.8 Å². The van der Waals surface area contributed by atoms with Crippen LogP contribution >= 0.6 is 0 Å². The normalized spacial score (nSPS) is 14.6. The van der Waals surface area contributed by atoms with Gasteiger partial charge in [-0.15, -0.1) is 0 Å². The molecule has 3 amide bonds. The van der Waals surface area contributed by atoms with Crippen molar-refractivity contribution < 1.29 is 24.2 Å². The van der Waals surface area contributed by atoms with Crippen molar-refractivity contribution in [1.29, 1.82) is 5.26 Å². The molecule has 1 atom stereocenters. The Bertz CT molecular complexity index is 2720. The molecule has 0 aliphatic carbocycles. The molecule has 0 radical (unpaired) electrons. The van der Waals surface area contributed by atoms with E-state index in [2.05, 4.69) is 31.2 Å². The van der Waals surface area contributed by atoms with E-state index < -0.39 is 0 Å². The molecule has 4 heterocycles. The summed E-state index contributed by atoms with van der Waals surface area (Å²) in [7, 11) is 5.35. The van der Waals surface area contributed by atoms with Crippen molar-refractivity contribution in [3.05, 3.63) is 159 Å². The summed E-state index contributed by atoms with van der Waals surface area (Å²) in [6.07, 6.45) is 1.62. The first kappa shape index (κ1) is 40.9. The number of benzene rings is 4. The van der Waals surface area contributed by atoms with E-state index in [0.717, 1.165) is 39.9 Å². The second-order valence-electron chi connectivity index (χ2n) is 16.3. The monoisotopic (exact) mass is 814 g/mol. The number of anilines is 2. The van der Waals surface area contributed by atoms with Gasteiger partial charge in [-0.25, -0.2) is 0 Å². The van der Waals surface area contributed by atoms with Crippen LogP contribution in [0.2, 0.25) is 0 Å². The second-order valence-corrected chi connectivity index (χ2v) is 16.3. The Morgan fingerprint density at radius 3 is 2.21 bits per heavy atom. The highest BCUT2D eigenvalue weighted by molar-refractivity contribution is 6.13. The highest BCUT2D eigenvalue weighted by atomic mass is 16.5. The molecular weight excluding hydrogens is 765 g/mol. The summed E-state index contributed by atoms with van der Waals surface area (Å²) in [6, 6.07) is 32.4. The van der Waals surface area contributed by atoms with E-state index >= 15 is 4.79 Å². The number of aromatic hydroxyl groups is 1. The van der Waals surface area contributed by atoms with Gasteiger partial charge in [-0.2, -0.15) is 5.26 Å². The highest BCUT2D eigenvalue weighted by Crippen LogP contribution is 2.38. The van der Waals surface area contributed by atoms with Gasteiger partial charge in [-0.1, -0.05) is 48.5 Å². The molecule has 1 N–H and O–H groups in total. The van der Waals surface area contributed by atoms with Gasteiger partial charge in [0.2, 0.25) is 5.91 Å². The predicted octanol–water partition coefficient (Wildman–Crippen LogP) is 8.06. The molecule has 0 fully saturated rings. The van der Waals surface area contributed by atoms with Crippen LogP contribution in [0.1, 0.15) is 78.1 Å². The molecule has 0 unspecified atom stereocenters. The second kappa shape index (κ2) is 16.6. The maximum atomic E-state index is 15.1. The van der Waals surface area contributed by atoms with Crippen LogP contribution in [-0.4, -0.2) is 61.5 Å².